The Morgan fingerprint density at radius 2 is 1.70 bits per heavy atom. The van der Waals surface area contributed by atoms with Crippen molar-refractivity contribution in [2.24, 2.45) is 0 Å². The summed E-state index contributed by atoms with van der Waals surface area (Å²) in [7, 11) is 0. The van der Waals surface area contributed by atoms with Crippen molar-refractivity contribution in [1.29, 1.82) is 0 Å². The van der Waals surface area contributed by atoms with E-state index in [9.17, 15) is 4.79 Å². The number of carbonyl (C=O) groups excluding carboxylic acids is 1. The predicted molar refractivity (Wildman–Crippen MR) is 129 cm³/mol. The molecule has 33 heavy (non-hydrogen) atoms. The van der Waals surface area contributed by atoms with Gasteiger partial charge in [-0.3, -0.25) is 14.6 Å². The van der Waals surface area contributed by atoms with Crippen molar-refractivity contribution >= 4 is 17.5 Å². The monoisotopic (exact) mass is 467 g/mol. The van der Waals surface area contributed by atoms with Gasteiger partial charge in [0.2, 0.25) is 17.6 Å². The van der Waals surface area contributed by atoms with Crippen LogP contribution in [0.15, 0.2) is 59.1 Å². The number of hydrogen-bond acceptors (Lipinski definition) is 6. The maximum absolute atomic E-state index is 13.4. The quantitative estimate of drug-likeness (QED) is 0.496. The molecule has 1 fully saturated rings. The molecule has 0 N–H and O–H groups in total. The molecular formula is C25H30ClN5O2. The molecule has 8 heteroatoms. The third-order valence-electron chi connectivity index (χ3n) is 6.13. The van der Waals surface area contributed by atoms with Crippen LogP contribution in [-0.2, 0) is 11.3 Å². The van der Waals surface area contributed by atoms with Gasteiger partial charge in [0, 0.05) is 49.9 Å². The smallest absolute Gasteiger partial charge is 0.244 e. The zero-order valence-electron chi connectivity index (χ0n) is 19.2. The fourth-order valence-corrected chi connectivity index (χ4v) is 4.39. The van der Waals surface area contributed by atoms with E-state index >= 15 is 0 Å². The molecule has 1 amide bonds. The van der Waals surface area contributed by atoms with Crippen LogP contribution in [0.5, 0.6) is 0 Å². The van der Waals surface area contributed by atoms with Gasteiger partial charge in [0.25, 0.3) is 0 Å². The average molecular weight is 468 g/mol. The number of halogens is 1. The lowest BCUT2D eigenvalue weighted by Gasteiger charge is -2.39. The van der Waals surface area contributed by atoms with Crippen molar-refractivity contribution in [2.75, 3.05) is 39.3 Å². The molecule has 0 spiro atoms. The van der Waals surface area contributed by atoms with Crippen LogP contribution in [0.2, 0.25) is 5.02 Å². The van der Waals surface area contributed by atoms with Gasteiger partial charge in [0.1, 0.15) is 6.04 Å². The highest BCUT2D eigenvalue weighted by molar-refractivity contribution is 6.30. The number of piperazine rings is 1. The third-order valence-corrected chi connectivity index (χ3v) is 6.38. The second-order valence-electron chi connectivity index (χ2n) is 8.15. The Bertz CT molecular complexity index is 1030. The van der Waals surface area contributed by atoms with Crippen molar-refractivity contribution in [3.63, 3.8) is 0 Å². The van der Waals surface area contributed by atoms with Crippen molar-refractivity contribution in [2.45, 2.75) is 26.4 Å². The Balaban J connectivity index is 1.40. The van der Waals surface area contributed by atoms with Crippen LogP contribution in [0, 0.1) is 0 Å². The Morgan fingerprint density at radius 3 is 2.33 bits per heavy atom. The molecule has 1 saturated heterocycles. The van der Waals surface area contributed by atoms with Crippen LogP contribution in [0.4, 0.5) is 0 Å². The lowest BCUT2D eigenvalue weighted by Crippen LogP contribution is -2.51. The number of hydrogen-bond donors (Lipinski definition) is 0. The highest BCUT2D eigenvalue weighted by Crippen LogP contribution is 2.25. The van der Waals surface area contributed by atoms with Crippen molar-refractivity contribution in [1.82, 2.24) is 24.8 Å². The summed E-state index contributed by atoms with van der Waals surface area (Å²) in [6.07, 6.45) is 0. The van der Waals surface area contributed by atoms with Crippen molar-refractivity contribution in [3.05, 3.63) is 71.1 Å². The second kappa shape index (κ2) is 10.9. The second-order valence-corrected chi connectivity index (χ2v) is 8.59. The molecule has 0 unspecified atom stereocenters. The standard InChI is InChI=1S/C25H30ClN5O2/c1-3-30(4-2)25(32)23(19-8-6-5-7-9-19)31-16-14-29(15-17-31)18-22-27-24(28-33-22)20-10-12-21(26)13-11-20/h5-13,23H,3-4,14-18H2,1-2H3/t23-/m1/s1. The Hall–Kier alpha value is -2.74. The van der Waals surface area contributed by atoms with Gasteiger partial charge in [-0.15, -0.1) is 0 Å². The van der Waals surface area contributed by atoms with E-state index in [1.807, 2.05) is 61.2 Å². The molecule has 0 aliphatic carbocycles. The summed E-state index contributed by atoms with van der Waals surface area (Å²) in [5.41, 5.74) is 1.92. The van der Waals surface area contributed by atoms with Gasteiger partial charge in [-0.05, 0) is 43.7 Å². The van der Waals surface area contributed by atoms with Gasteiger partial charge in [0.05, 0.1) is 6.54 Å². The van der Waals surface area contributed by atoms with Gasteiger partial charge in [0.15, 0.2) is 0 Å². The lowest BCUT2D eigenvalue weighted by atomic mass is 10.0. The molecule has 3 aromatic rings. The average Bonchev–Trinajstić information content (AvgIpc) is 3.31. The van der Waals surface area contributed by atoms with Crippen LogP contribution < -0.4 is 0 Å². The predicted octanol–water partition coefficient (Wildman–Crippen LogP) is 4.12. The topological polar surface area (TPSA) is 65.7 Å². The highest BCUT2D eigenvalue weighted by atomic mass is 35.5. The van der Waals surface area contributed by atoms with Gasteiger partial charge in [-0.1, -0.05) is 47.1 Å². The molecule has 0 radical (unpaired) electrons. The summed E-state index contributed by atoms with van der Waals surface area (Å²) in [5.74, 6) is 1.32. The summed E-state index contributed by atoms with van der Waals surface area (Å²) in [6.45, 7) is 9.33. The molecule has 1 aliphatic heterocycles. The Kier molecular flexibility index (Phi) is 7.75. The van der Waals surface area contributed by atoms with Crippen LogP contribution in [0.25, 0.3) is 11.4 Å². The lowest BCUT2D eigenvalue weighted by molar-refractivity contribution is -0.137. The highest BCUT2D eigenvalue weighted by Gasteiger charge is 2.32. The largest absolute Gasteiger partial charge is 0.342 e. The fourth-order valence-electron chi connectivity index (χ4n) is 4.26. The van der Waals surface area contributed by atoms with Gasteiger partial charge >= 0.3 is 0 Å². The molecule has 0 saturated carbocycles. The summed E-state index contributed by atoms with van der Waals surface area (Å²) in [4.78, 5) is 24.4. The van der Waals surface area contributed by atoms with E-state index in [2.05, 4.69) is 32.1 Å². The minimum absolute atomic E-state index is 0.171. The summed E-state index contributed by atoms with van der Waals surface area (Å²) >= 11 is 5.96. The summed E-state index contributed by atoms with van der Waals surface area (Å²) < 4.78 is 5.48. The number of amides is 1. The molecule has 7 nitrogen and oxygen atoms in total. The normalized spacial score (nSPS) is 16.0. The zero-order valence-corrected chi connectivity index (χ0v) is 19.9. The van der Waals surface area contributed by atoms with Crippen molar-refractivity contribution in [3.8, 4) is 11.4 Å². The van der Waals surface area contributed by atoms with Gasteiger partial charge < -0.3 is 9.42 Å². The van der Waals surface area contributed by atoms with Crippen LogP contribution in [-0.4, -0.2) is 70.0 Å². The number of benzene rings is 2. The van der Waals surface area contributed by atoms with Crippen LogP contribution >= 0.6 is 11.6 Å². The summed E-state index contributed by atoms with van der Waals surface area (Å²) in [6, 6.07) is 17.2. The minimum Gasteiger partial charge on any atom is -0.342 e. The Morgan fingerprint density at radius 1 is 1.03 bits per heavy atom. The third kappa shape index (κ3) is 5.61. The first kappa shape index (κ1) is 23.4. The number of likely N-dealkylation sites (N-methyl/N-ethyl adjacent to an activating group) is 1. The molecule has 1 aromatic heterocycles. The maximum Gasteiger partial charge on any atom is 0.244 e. The van der Waals surface area contributed by atoms with E-state index < -0.39 is 0 Å². The maximum atomic E-state index is 13.4. The summed E-state index contributed by atoms with van der Waals surface area (Å²) in [5, 5.41) is 4.78. The molecule has 4 rings (SSSR count). The van der Waals surface area contributed by atoms with E-state index in [4.69, 9.17) is 16.1 Å². The SMILES string of the molecule is CCN(CC)C(=O)[C@@H](c1ccccc1)N1CCN(Cc2nc(-c3ccc(Cl)cc3)no2)CC1. The number of rotatable bonds is 8. The van der Waals surface area contributed by atoms with Gasteiger partial charge in [-0.2, -0.15) is 4.98 Å². The van der Waals surface area contributed by atoms with E-state index in [0.717, 1.165) is 37.3 Å². The van der Waals surface area contributed by atoms with Gasteiger partial charge in [-0.25, -0.2) is 0 Å². The van der Waals surface area contributed by atoms with Crippen LogP contribution in [0.3, 0.4) is 0 Å². The van der Waals surface area contributed by atoms with E-state index in [1.54, 1.807) is 0 Å². The zero-order chi connectivity index (χ0) is 23.2. The fraction of sp³-hybridized carbons (Fsp3) is 0.400. The number of nitrogens with zero attached hydrogens (tertiary/aromatic N) is 5. The molecule has 2 aromatic carbocycles. The molecule has 2 heterocycles. The van der Waals surface area contributed by atoms with Crippen molar-refractivity contribution < 1.29 is 9.32 Å². The van der Waals surface area contributed by atoms with E-state index in [1.165, 1.54) is 0 Å². The minimum atomic E-state index is -0.256. The molecular weight excluding hydrogens is 438 g/mol. The molecule has 174 valence electrons. The molecule has 1 atom stereocenters. The van der Waals surface area contributed by atoms with E-state index in [0.29, 0.717) is 36.4 Å². The first-order valence-electron chi connectivity index (χ1n) is 11.5. The number of aromatic nitrogens is 2. The number of carbonyl (C=O) groups is 1. The Labute approximate surface area is 199 Å². The first-order valence-corrected chi connectivity index (χ1v) is 11.9. The molecule has 1 aliphatic rings. The van der Waals surface area contributed by atoms with Crippen LogP contribution in [0.1, 0.15) is 31.3 Å². The molecule has 0 bridgehead atoms. The van der Waals surface area contributed by atoms with E-state index in [-0.39, 0.29) is 11.9 Å². The first-order chi connectivity index (χ1) is 16.1.